The van der Waals surface area contributed by atoms with E-state index < -0.39 is 114 Å². The molecule has 38 heavy (non-hydrogen) atoms. The first kappa shape index (κ1) is 32.0. The third-order valence-corrected chi connectivity index (χ3v) is 7.79. The summed E-state index contributed by atoms with van der Waals surface area (Å²) in [4.78, 5) is 0. The van der Waals surface area contributed by atoms with Crippen molar-refractivity contribution in [2.75, 3.05) is 6.66 Å². The summed E-state index contributed by atoms with van der Waals surface area (Å²) in [5, 5.41) is -2.04. The maximum absolute atomic E-state index is 14.9. The zero-order chi connectivity index (χ0) is 29.3. The van der Waals surface area contributed by atoms with Gasteiger partial charge in [-0.2, -0.15) is 22.0 Å². The number of hydrogen-bond donors (Lipinski definition) is 0. The minimum Gasteiger partial charge on any atom is -0.240 e. The molecule has 0 fully saturated rings. The van der Waals surface area contributed by atoms with E-state index in [-0.39, 0.29) is 25.9 Å². The average Bonchev–Trinajstić information content (AvgIpc) is 2.84. The number of halogens is 15. The fourth-order valence-corrected chi connectivity index (χ4v) is 5.31. The third-order valence-electron chi connectivity index (χ3n) is 5.53. The van der Waals surface area contributed by atoms with Gasteiger partial charge in [0.25, 0.3) is 5.66 Å². The lowest BCUT2D eigenvalue weighted by Gasteiger charge is -2.29. The van der Waals surface area contributed by atoms with Gasteiger partial charge in [-0.3, -0.25) is 0 Å². The van der Waals surface area contributed by atoms with Gasteiger partial charge < -0.3 is 0 Å². The third kappa shape index (κ3) is 6.34. The smallest absolute Gasteiger partial charge is 0.240 e. The summed E-state index contributed by atoms with van der Waals surface area (Å²) >= 11 is 0. The first-order valence-electron chi connectivity index (χ1n) is 10.6. The molecule has 2 rings (SSSR count). The Balaban J connectivity index is 2.52. The predicted molar refractivity (Wildman–Crippen MR) is 108 cm³/mol. The van der Waals surface area contributed by atoms with Crippen LogP contribution in [0.25, 0.3) is 11.1 Å². The van der Waals surface area contributed by atoms with Crippen molar-refractivity contribution in [1.82, 2.24) is 0 Å². The fraction of sp³-hybridized carbons (Fsp3) is 0.455. The Hall–Kier alpha value is -2.18. The van der Waals surface area contributed by atoms with E-state index in [9.17, 15) is 65.9 Å². The molecule has 0 nitrogen and oxygen atoms in total. The van der Waals surface area contributed by atoms with E-state index in [0.29, 0.717) is 0 Å². The molecule has 0 N–H and O–H groups in total. The van der Waals surface area contributed by atoms with E-state index in [0.717, 1.165) is 0 Å². The molecule has 2 aromatic rings. The van der Waals surface area contributed by atoms with Gasteiger partial charge in [-0.25, -0.2) is 43.9 Å². The Morgan fingerprint density at radius 1 is 0.553 bits per heavy atom. The minimum atomic E-state index is -4.77. The predicted octanol–water partition coefficient (Wildman–Crippen LogP) is 9.18. The molecule has 0 saturated carbocycles. The molecule has 0 aliphatic heterocycles. The van der Waals surface area contributed by atoms with Gasteiger partial charge in [0.1, 0.15) is 0 Å². The maximum atomic E-state index is 14.9. The van der Waals surface area contributed by atoms with Crippen LogP contribution in [0.2, 0.25) is 0 Å². The van der Waals surface area contributed by atoms with Crippen LogP contribution in [0, 0.1) is 52.4 Å². The Labute approximate surface area is 206 Å². The van der Waals surface area contributed by atoms with Crippen LogP contribution in [0.1, 0.15) is 38.5 Å². The number of unbranched alkanes of at least 4 members (excludes halogenated alkanes) is 3. The highest BCUT2D eigenvalue weighted by molar-refractivity contribution is 7.66. The lowest BCUT2D eigenvalue weighted by molar-refractivity contribution is -0.135. The molecule has 0 amide bonds. The molecule has 0 heterocycles. The molecule has 214 valence electrons. The quantitative estimate of drug-likeness (QED) is 0.0844. The Morgan fingerprint density at radius 2 is 0.947 bits per heavy atom. The van der Waals surface area contributed by atoms with Crippen molar-refractivity contribution in [3.63, 3.8) is 0 Å². The zero-order valence-corrected chi connectivity index (χ0v) is 19.8. The van der Waals surface area contributed by atoms with Crippen LogP contribution >= 0.6 is 7.92 Å². The van der Waals surface area contributed by atoms with Crippen LogP contribution in [0.4, 0.5) is 65.9 Å². The lowest BCUT2D eigenvalue weighted by atomic mass is 10.0. The Morgan fingerprint density at radius 3 is 1.42 bits per heavy atom. The van der Waals surface area contributed by atoms with Crippen molar-refractivity contribution in [2.45, 2.75) is 56.5 Å². The van der Waals surface area contributed by atoms with Crippen LogP contribution in [-0.4, -0.2) is 24.7 Å². The highest BCUT2D eigenvalue weighted by atomic mass is 31.1. The van der Waals surface area contributed by atoms with E-state index in [1.54, 1.807) is 0 Å². The van der Waals surface area contributed by atoms with Gasteiger partial charge in [0.05, 0.1) is 5.56 Å². The number of benzene rings is 2. The van der Waals surface area contributed by atoms with Crippen molar-refractivity contribution in [2.24, 2.45) is 0 Å². The summed E-state index contributed by atoms with van der Waals surface area (Å²) in [5.74, 6) is -25.1. The second kappa shape index (κ2) is 11.9. The van der Waals surface area contributed by atoms with Crippen LogP contribution in [0.5, 0.6) is 0 Å². The number of alkyl halides is 6. The molecule has 2 aromatic carbocycles. The minimum absolute atomic E-state index is 0.133. The molecule has 0 bridgehead atoms. The molecule has 0 saturated heterocycles. The molecular formula is C22H16F15P. The van der Waals surface area contributed by atoms with Gasteiger partial charge in [-0.15, -0.1) is 0 Å². The molecular weight excluding hydrogens is 580 g/mol. The van der Waals surface area contributed by atoms with Gasteiger partial charge in [-0.05, 0) is 19.5 Å². The van der Waals surface area contributed by atoms with Crippen molar-refractivity contribution >= 4 is 13.2 Å². The molecule has 0 aliphatic carbocycles. The fourth-order valence-electron chi connectivity index (χ4n) is 3.52. The van der Waals surface area contributed by atoms with E-state index in [1.807, 2.05) is 0 Å². The molecule has 0 aliphatic rings. The zero-order valence-electron chi connectivity index (χ0n) is 18.9. The van der Waals surface area contributed by atoms with Crippen LogP contribution in [0.15, 0.2) is 0 Å². The average molecular weight is 596 g/mol. The van der Waals surface area contributed by atoms with Crippen LogP contribution in [0.3, 0.4) is 0 Å². The van der Waals surface area contributed by atoms with Crippen molar-refractivity contribution < 1.29 is 65.9 Å². The summed E-state index contributed by atoms with van der Waals surface area (Å²) < 4.78 is 207. The van der Waals surface area contributed by atoms with Gasteiger partial charge in [0.2, 0.25) is 5.82 Å². The Bertz CT molecular complexity index is 1150. The van der Waals surface area contributed by atoms with E-state index in [2.05, 4.69) is 0 Å². The van der Waals surface area contributed by atoms with E-state index >= 15 is 0 Å². The summed E-state index contributed by atoms with van der Waals surface area (Å²) in [6.45, 7) is 0.274. The van der Waals surface area contributed by atoms with Crippen LogP contribution in [-0.2, 0) is 0 Å². The summed E-state index contributed by atoms with van der Waals surface area (Å²) in [7, 11) is -3.91. The van der Waals surface area contributed by atoms with Crippen molar-refractivity contribution in [3.05, 3.63) is 52.4 Å². The van der Waals surface area contributed by atoms with E-state index in [4.69, 9.17) is 0 Å². The largest absolute Gasteiger partial charge is 0.389 e. The van der Waals surface area contributed by atoms with Gasteiger partial charge in [0, 0.05) is 25.2 Å². The SMILES string of the molecule is CP(c1c(F)c(F)c(F)c(F)c1-c1c(F)c(F)c(F)c(F)c1F)C(F)(F)C(F)CCCCCCC(F)(F)F. The number of rotatable bonds is 10. The lowest BCUT2D eigenvalue weighted by Crippen LogP contribution is -2.34. The van der Waals surface area contributed by atoms with Crippen molar-refractivity contribution in [3.8, 4) is 11.1 Å². The molecule has 2 atom stereocenters. The second-order valence-electron chi connectivity index (χ2n) is 8.11. The van der Waals surface area contributed by atoms with Gasteiger partial charge in [-0.1, -0.05) is 19.3 Å². The first-order valence-corrected chi connectivity index (χ1v) is 12.3. The molecule has 0 spiro atoms. The molecule has 2 unspecified atom stereocenters. The highest BCUT2D eigenvalue weighted by Gasteiger charge is 2.49. The maximum Gasteiger partial charge on any atom is 0.389 e. The van der Waals surface area contributed by atoms with E-state index in [1.165, 1.54) is 0 Å². The topological polar surface area (TPSA) is 0 Å². The highest BCUT2D eigenvalue weighted by Crippen LogP contribution is 2.55. The monoisotopic (exact) mass is 596 g/mol. The normalized spacial score (nSPS) is 14.2. The summed E-state index contributed by atoms with van der Waals surface area (Å²) in [6, 6.07) is 0. The summed E-state index contributed by atoms with van der Waals surface area (Å²) in [6.07, 6.45) is -11.0. The standard InChI is InChI=1S/C22H16F15P/c1-38(22(36,37)8(23)6-4-2-3-5-7-21(33,34)35)20-10(13(26)16(29)18(31)19(20)32)9-11(24)14(27)17(30)15(28)12(9)25/h8H,2-7H2,1H3. The molecule has 16 heteroatoms. The summed E-state index contributed by atoms with van der Waals surface area (Å²) in [5.41, 5.74) is -9.39. The molecule has 0 radical (unpaired) electrons. The first-order chi connectivity index (χ1) is 17.4. The Kier molecular flexibility index (Phi) is 10.0. The van der Waals surface area contributed by atoms with Crippen molar-refractivity contribution in [1.29, 1.82) is 0 Å². The van der Waals surface area contributed by atoms with Gasteiger partial charge in [0.15, 0.2) is 52.7 Å². The number of hydrogen-bond acceptors (Lipinski definition) is 0. The molecule has 0 aromatic heterocycles. The van der Waals surface area contributed by atoms with Gasteiger partial charge >= 0.3 is 6.18 Å². The van der Waals surface area contributed by atoms with Crippen LogP contribution < -0.4 is 5.30 Å². The second-order valence-corrected chi connectivity index (χ2v) is 10.3.